The van der Waals surface area contributed by atoms with Crippen LogP contribution >= 0.6 is 0 Å². The van der Waals surface area contributed by atoms with E-state index in [0.29, 0.717) is 13.2 Å². The second kappa shape index (κ2) is 5.31. The van der Waals surface area contributed by atoms with Crippen molar-refractivity contribution in [3.8, 4) is 12.1 Å². The van der Waals surface area contributed by atoms with Gasteiger partial charge in [0.2, 0.25) is 0 Å². The van der Waals surface area contributed by atoms with Gasteiger partial charge >= 0.3 is 5.91 Å². The molecule has 6 nitrogen and oxygen atoms in total. The van der Waals surface area contributed by atoms with E-state index >= 15 is 0 Å². The molecule has 3 atom stereocenters. The summed E-state index contributed by atoms with van der Waals surface area (Å²) >= 11 is 0. The second-order valence-electron chi connectivity index (χ2n) is 6.21. The number of rotatable bonds is 5. The maximum atomic E-state index is 10.1. The molecule has 0 radical (unpaired) electrons. The molecule has 1 aliphatic heterocycles. The van der Waals surface area contributed by atoms with Gasteiger partial charge in [-0.05, 0) is 26.3 Å². The maximum Gasteiger partial charge on any atom is 0.343 e. The summed E-state index contributed by atoms with van der Waals surface area (Å²) < 4.78 is 11.7. The number of nitrogens with two attached hydrogens (primary N) is 1. The largest absolute Gasteiger partial charge is 0.343 e. The van der Waals surface area contributed by atoms with E-state index in [1.165, 1.54) is 0 Å². The molecule has 2 aliphatic rings. The van der Waals surface area contributed by atoms with Crippen LogP contribution in [0.4, 0.5) is 0 Å². The molecule has 3 N–H and O–H groups in total. The molecule has 1 aromatic carbocycles. The van der Waals surface area contributed by atoms with Crippen LogP contribution in [0.15, 0.2) is 24.3 Å². The predicted octanol–water partition coefficient (Wildman–Crippen LogP) is 0.290. The quantitative estimate of drug-likeness (QED) is 0.757. The van der Waals surface area contributed by atoms with Crippen molar-refractivity contribution in [3.63, 3.8) is 0 Å². The van der Waals surface area contributed by atoms with E-state index < -0.39 is 22.7 Å². The molecule has 0 aromatic heterocycles. The van der Waals surface area contributed by atoms with Gasteiger partial charge in [0.1, 0.15) is 0 Å². The zero-order chi connectivity index (χ0) is 17.6. The Labute approximate surface area is 141 Å². The number of amidine groups is 1. The van der Waals surface area contributed by atoms with Crippen molar-refractivity contribution in [2.45, 2.75) is 32.6 Å². The molecule has 0 saturated heterocycles. The van der Waals surface area contributed by atoms with Crippen molar-refractivity contribution in [2.24, 2.45) is 16.6 Å². The van der Waals surface area contributed by atoms with Gasteiger partial charge in [0, 0.05) is 5.92 Å². The number of ether oxygens (including phenoxy) is 2. The Bertz CT molecular complexity index is 785. The molecule has 1 aromatic rings. The summed E-state index contributed by atoms with van der Waals surface area (Å²) in [6.45, 7) is 6.27. The highest BCUT2D eigenvalue weighted by atomic mass is 16.7. The zero-order valence-electron chi connectivity index (χ0n) is 14.1. The lowest BCUT2D eigenvalue weighted by Crippen LogP contribution is -2.91. The maximum absolute atomic E-state index is 10.1. The average Bonchev–Trinajstić information content (AvgIpc) is 3.14. The van der Waals surface area contributed by atoms with Gasteiger partial charge in [0.15, 0.2) is 10.8 Å². The van der Waals surface area contributed by atoms with Crippen LogP contribution in [-0.2, 0) is 9.47 Å². The Hall–Kier alpha value is -2.41. The van der Waals surface area contributed by atoms with Gasteiger partial charge in [-0.15, -0.1) is 0 Å². The molecule has 0 amide bonds. The van der Waals surface area contributed by atoms with Crippen molar-refractivity contribution in [3.05, 3.63) is 35.4 Å². The summed E-state index contributed by atoms with van der Waals surface area (Å²) in [5.74, 6) is -1.58. The first-order chi connectivity index (χ1) is 11.5. The summed E-state index contributed by atoms with van der Waals surface area (Å²) in [6.07, 6.45) is 0. The minimum atomic E-state index is -1.42. The predicted molar refractivity (Wildman–Crippen MR) is 86.2 cm³/mol. The molecule has 6 heteroatoms. The molecular weight excluding hydrogens is 304 g/mol. The Morgan fingerprint density at radius 3 is 2.38 bits per heavy atom. The van der Waals surface area contributed by atoms with E-state index in [9.17, 15) is 10.5 Å². The van der Waals surface area contributed by atoms with Crippen molar-refractivity contribution >= 4 is 5.84 Å². The standard InChI is InChI=1S/C18H20N4O2/c1-4-23-18(24-5-2)17(11-20)14(13-8-6-7-12(3)9-13)16(17,10-19)15(21)22-18/h6-9,14H,4-5H2,1-3H3,(H2,21,22)/p+1/t14-,16-,17-/m1/s1. The van der Waals surface area contributed by atoms with Crippen LogP contribution in [0, 0.1) is 40.4 Å². The topological polar surface area (TPSA) is 106 Å². The number of nitrogens with one attached hydrogen (secondary N) is 1. The number of fused-ring (bicyclic) bond motifs is 1. The van der Waals surface area contributed by atoms with E-state index in [2.05, 4.69) is 17.1 Å². The minimum absolute atomic E-state index is 0.236. The highest BCUT2D eigenvalue weighted by molar-refractivity contribution is 5.95. The minimum Gasteiger partial charge on any atom is -0.314 e. The van der Waals surface area contributed by atoms with Crippen LogP contribution in [0.25, 0.3) is 0 Å². The fourth-order valence-electron chi connectivity index (χ4n) is 4.20. The fraction of sp³-hybridized carbons (Fsp3) is 0.500. The molecule has 1 heterocycles. The monoisotopic (exact) mass is 325 g/mol. The van der Waals surface area contributed by atoms with Gasteiger partial charge in [-0.25, -0.2) is 4.99 Å². The van der Waals surface area contributed by atoms with Crippen LogP contribution < -0.4 is 10.7 Å². The Morgan fingerprint density at radius 2 is 1.88 bits per heavy atom. The third-order valence-corrected chi connectivity index (χ3v) is 5.07. The molecule has 0 spiro atoms. The molecule has 0 unspecified atom stereocenters. The number of nitriles is 2. The van der Waals surface area contributed by atoms with Crippen LogP contribution in [0.3, 0.4) is 0 Å². The van der Waals surface area contributed by atoms with Crippen LogP contribution in [-0.4, -0.2) is 25.0 Å². The lowest BCUT2D eigenvalue weighted by molar-refractivity contribution is -0.693. The molecule has 1 saturated carbocycles. The number of benzene rings is 1. The van der Waals surface area contributed by atoms with Crippen molar-refractivity contribution in [1.29, 1.82) is 10.5 Å². The lowest BCUT2D eigenvalue weighted by Gasteiger charge is -2.29. The number of hydrogen-bond acceptors (Lipinski definition) is 5. The van der Waals surface area contributed by atoms with E-state index in [1.807, 2.05) is 45.0 Å². The third-order valence-electron chi connectivity index (χ3n) is 5.07. The van der Waals surface area contributed by atoms with E-state index in [4.69, 9.17) is 15.2 Å². The zero-order valence-corrected chi connectivity index (χ0v) is 14.1. The SMILES string of the molecule is CCOC1(OCC)[NH+]=C(N)[C@@]2(C#N)[C@@H](c3cccc(C)c3)[C@@]12C#N. The smallest absolute Gasteiger partial charge is 0.314 e. The third kappa shape index (κ3) is 1.62. The molecule has 24 heavy (non-hydrogen) atoms. The van der Waals surface area contributed by atoms with Gasteiger partial charge in [-0.3, -0.25) is 5.73 Å². The first kappa shape index (κ1) is 16.4. The molecular formula is C18H21N4O2+. The van der Waals surface area contributed by atoms with Gasteiger partial charge in [0.05, 0.1) is 25.4 Å². The molecule has 1 fully saturated rings. The average molecular weight is 325 g/mol. The van der Waals surface area contributed by atoms with Crippen molar-refractivity contribution in [1.82, 2.24) is 0 Å². The highest BCUT2D eigenvalue weighted by Gasteiger charge is 2.97. The highest BCUT2D eigenvalue weighted by Crippen LogP contribution is 2.78. The summed E-state index contributed by atoms with van der Waals surface area (Å²) in [5.41, 5.74) is 5.76. The van der Waals surface area contributed by atoms with Gasteiger partial charge in [-0.2, -0.15) is 10.5 Å². The van der Waals surface area contributed by atoms with Crippen molar-refractivity contribution in [2.75, 3.05) is 13.2 Å². The number of aryl methyl sites for hydroxylation is 1. The normalized spacial score (nSPS) is 32.4. The fourth-order valence-corrected chi connectivity index (χ4v) is 4.20. The van der Waals surface area contributed by atoms with Gasteiger partial charge in [0.25, 0.3) is 5.84 Å². The van der Waals surface area contributed by atoms with Crippen LogP contribution in [0.2, 0.25) is 0 Å². The summed E-state index contributed by atoms with van der Waals surface area (Å²) in [6, 6.07) is 12.4. The Morgan fingerprint density at radius 1 is 1.21 bits per heavy atom. The number of hydrogen-bond donors (Lipinski definition) is 2. The second-order valence-corrected chi connectivity index (χ2v) is 6.21. The van der Waals surface area contributed by atoms with Crippen LogP contribution in [0.5, 0.6) is 0 Å². The summed E-state index contributed by atoms with van der Waals surface area (Å²) in [4.78, 5) is 2.97. The van der Waals surface area contributed by atoms with Gasteiger partial charge < -0.3 is 9.47 Å². The Kier molecular flexibility index (Phi) is 3.64. The van der Waals surface area contributed by atoms with E-state index in [0.717, 1.165) is 11.1 Å². The van der Waals surface area contributed by atoms with Gasteiger partial charge in [-0.1, -0.05) is 29.8 Å². The van der Waals surface area contributed by atoms with Crippen molar-refractivity contribution < 1.29 is 14.5 Å². The molecule has 3 rings (SSSR count). The first-order valence-electron chi connectivity index (χ1n) is 8.07. The van der Waals surface area contributed by atoms with E-state index in [1.54, 1.807) is 0 Å². The number of nitrogens with zero attached hydrogens (tertiary/aromatic N) is 2. The summed E-state index contributed by atoms with van der Waals surface area (Å²) in [5, 5.41) is 20.1. The summed E-state index contributed by atoms with van der Waals surface area (Å²) in [7, 11) is 0. The molecule has 0 bridgehead atoms. The molecule has 1 aliphatic carbocycles. The van der Waals surface area contributed by atoms with Crippen LogP contribution in [0.1, 0.15) is 30.9 Å². The lowest BCUT2D eigenvalue weighted by atomic mass is 9.93. The Balaban J connectivity index is 2.23. The van der Waals surface area contributed by atoms with E-state index in [-0.39, 0.29) is 5.84 Å². The first-order valence-corrected chi connectivity index (χ1v) is 8.07. The molecule has 124 valence electrons.